The van der Waals surface area contributed by atoms with Crippen molar-refractivity contribution in [3.8, 4) is 0 Å². The van der Waals surface area contributed by atoms with Crippen LogP contribution in [0.5, 0.6) is 0 Å². The quantitative estimate of drug-likeness (QED) is 0.208. The lowest BCUT2D eigenvalue weighted by Gasteiger charge is -2.41. The molecule has 3 aliphatic rings. The first kappa shape index (κ1) is 41.3. The van der Waals surface area contributed by atoms with Gasteiger partial charge in [0, 0.05) is 62.3 Å². The van der Waals surface area contributed by atoms with Gasteiger partial charge in [-0.15, -0.1) is 0 Å². The van der Waals surface area contributed by atoms with Crippen LogP contribution < -0.4 is 19.6 Å². The number of aliphatic hydroxyl groups excluding tert-OH is 1. The largest absolute Gasteiger partial charge is 0.447 e. The molecular weight excluding hydrogens is 729 g/mol. The molecule has 3 aromatic rings. The van der Waals surface area contributed by atoms with Crippen LogP contribution in [0.3, 0.4) is 0 Å². The molecule has 2 saturated heterocycles. The molecule has 6 rings (SSSR count). The molecule has 0 radical (unpaired) electrons. The van der Waals surface area contributed by atoms with Gasteiger partial charge >= 0.3 is 12.2 Å². The van der Waals surface area contributed by atoms with Crippen LogP contribution in [0.2, 0.25) is 18.1 Å². The molecule has 0 unspecified atom stereocenters. The summed E-state index contributed by atoms with van der Waals surface area (Å²) < 4.78 is 18.2. The van der Waals surface area contributed by atoms with E-state index in [2.05, 4.69) is 57.6 Å². The number of hydrogen-bond donors (Lipinski definition) is 1. The maximum Gasteiger partial charge on any atom is 0.421 e. The molecule has 3 aliphatic heterocycles. The minimum absolute atomic E-state index is 0.0396. The molecule has 2 amide bonds. The van der Waals surface area contributed by atoms with Crippen molar-refractivity contribution in [1.29, 1.82) is 0 Å². The molecule has 5 heterocycles. The summed E-state index contributed by atoms with van der Waals surface area (Å²) in [7, 11) is -0.110. The van der Waals surface area contributed by atoms with E-state index in [1.807, 2.05) is 69.0 Å². The number of benzene rings is 1. The first-order chi connectivity index (χ1) is 26.2. The highest BCUT2D eigenvalue weighted by atomic mass is 28.4. The Morgan fingerprint density at radius 3 is 2.21 bits per heavy atom. The first-order valence-electron chi connectivity index (χ1n) is 19.7. The number of likely N-dealkylation sites (N-methyl/N-ethyl adjacent to an activating group) is 1. The van der Waals surface area contributed by atoms with Crippen LogP contribution in [0.25, 0.3) is 0 Å². The van der Waals surface area contributed by atoms with E-state index in [4.69, 9.17) is 28.9 Å². The summed E-state index contributed by atoms with van der Waals surface area (Å²) in [5, 5.41) is 10.6. The number of carbonyl (C=O) groups excluding carboxylic acids is 2. The number of aromatic nitrogens is 3. The Balaban J connectivity index is 1.49. The van der Waals surface area contributed by atoms with E-state index in [-0.39, 0.29) is 36.3 Å². The van der Waals surface area contributed by atoms with Gasteiger partial charge in [0.2, 0.25) is 5.95 Å². The zero-order valence-electron chi connectivity index (χ0n) is 35.0. The van der Waals surface area contributed by atoms with Crippen LogP contribution in [-0.2, 0) is 19.3 Å². The van der Waals surface area contributed by atoms with Crippen molar-refractivity contribution >= 4 is 55.3 Å². The molecule has 14 nitrogen and oxygen atoms in total. The number of amides is 2. The molecule has 1 aromatic carbocycles. The second-order valence-corrected chi connectivity index (χ2v) is 22.9. The summed E-state index contributed by atoms with van der Waals surface area (Å²) in [4.78, 5) is 51.7. The average Bonchev–Trinajstić information content (AvgIpc) is 3.59. The predicted octanol–water partition coefficient (Wildman–Crippen LogP) is 7.22. The van der Waals surface area contributed by atoms with E-state index in [0.717, 1.165) is 37.4 Å². The first-order valence-corrected chi connectivity index (χ1v) is 22.6. The Kier molecular flexibility index (Phi) is 11.5. The standard InChI is InChI=1S/C41H60N8O6Si/c1-28-26-53-37(51)47(28)33-13-12-14-34(43-33)49-32(19-24-50)41(8,27-54-56(10,11)40(5,6)7)31-25-42-36(44-35(31)49)48(38(52)55-39(2,3)4)30-17-15-29(16-18-30)46-22-20-45(9)21-23-46/h12-18,25,28,32,50H,19-24,26-27H2,1-11H3/t28-,32+,41+/m0/s1. The summed E-state index contributed by atoms with van der Waals surface area (Å²) >= 11 is 0. The van der Waals surface area contributed by atoms with Crippen molar-refractivity contribution < 1.29 is 28.6 Å². The third-order valence-corrected chi connectivity index (χ3v) is 16.1. The number of aliphatic hydroxyl groups is 1. The minimum Gasteiger partial charge on any atom is -0.447 e. The maximum atomic E-state index is 14.2. The van der Waals surface area contributed by atoms with Crippen molar-refractivity contribution in [2.24, 2.45) is 0 Å². The maximum absolute atomic E-state index is 14.2. The monoisotopic (exact) mass is 788 g/mol. The van der Waals surface area contributed by atoms with E-state index in [1.54, 1.807) is 17.2 Å². The van der Waals surface area contributed by atoms with Crippen LogP contribution in [-0.4, -0.2) is 116 Å². The molecular formula is C41H60N8O6Si. The topological polar surface area (TPSA) is 137 Å². The lowest BCUT2D eigenvalue weighted by Crippen LogP contribution is -2.49. The van der Waals surface area contributed by atoms with Crippen molar-refractivity contribution in [3.05, 3.63) is 54.2 Å². The number of ether oxygens (including phenoxy) is 2. The van der Waals surface area contributed by atoms with Crippen molar-refractivity contribution in [1.82, 2.24) is 19.9 Å². The van der Waals surface area contributed by atoms with Crippen LogP contribution >= 0.6 is 0 Å². The van der Waals surface area contributed by atoms with Crippen molar-refractivity contribution in [2.75, 3.05) is 72.6 Å². The number of pyridine rings is 1. The highest BCUT2D eigenvalue weighted by Crippen LogP contribution is 2.51. The molecule has 0 aliphatic carbocycles. The Labute approximate surface area is 332 Å². The van der Waals surface area contributed by atoms with Gasteiger partial charge in [0.1, 0.15) is 29.7 Å². The molecule has 304 valence electrons. The van der Waals surface area contributed by atoms with Crippen molar-refractivity contribution in [3.63, 3.8) is 0 Å². The number of anilines is 6. The summed E-state index contributed by atoms with van der Waals surface area (Å²) in [5.41, 5.74) is 0.930. The highest BCUT2D eigenvalue weighted by molar-refractivity contribution is 6.74. The Morgan fingerprint density at radius 2 is 1.64 bits per heavy atom. The molecule has 15 heteroatoms. The van der Waals surface area contributed by atoms with Gasteiger partial charge < -0.3 is 33.7 Å². The Bertz CT molecular complexity index is 1890. The van der Waals surface area contributed by atoms with Crippen LogP contribution in [0.15, 0.2) is 48.7 Å². The fraction of sp³-hybridized carbons (Fsp3) is 0.585. The summed E-state index contributed by atoms with van der Waals surface area (Å²) in [6.45, 7) is 24.9. The number of cyclic esters (lactones) is 1. The van der Waals surface area contributed by atoms with Crippen LogP contribution in [0.1, 0.15) is 67.4 Å². The smallest absolute Gasteiger partial charge is 0.421 e. The zero-order valence-corrected chi connectivity index (χ0v) is 36.0. The van der Waals surface area contributed by atoms with E-state index in [9.17, 15) is 14.7 Å². The SMILES string of the molecule is C[C@H]1COC(=O)N1c1cccc(N2c3nc(N(C(=O)OC(C)(C)C)c4ccc(N5CCN(C)CC5)cc4)ncc3[C@@](C)(CO[Si](C)(C)C(C)(C)C)[C@H]2CCO)n1. The normalized spacial score (nSPS) is 22.0. The predicted molar refractivity (Wildman–Crippen MR) is 222 cm³/mol. The number of hydrogen-bond acceptors (Lipinski definition) is 12. The van der Waals surface area contributed by atoms with Gasteiger partial charge in [0.05, 0.1) is 17.8 Å². The Morgan fingerprint density at radius 1 is 1.00 bits per heavy atom. The van der Waals surface area contributed by atoms with E-state index < -0.39 is 31.5 Å². The van der Waals surface area contributed by atoms with Crippen molar-refractivity contribution in [2.45, 2.75) is 103 Å². The van der Waals surface area contributed by atoms with E-state index in [0.29, 0.717) is 36.2 Å². The van der Waals surface area contributed by atoms with Gasteiger partial charge in [0.15, 0.2) is 8.32 Å². The zero-order chi connectivity index (χ0) is 40.8. The molecule has 2 aromatic heterocycles. The minimum atomic E-state index is -2.24. The second kappa shape index (κ2) is 15.6. The number of nitrogens with zero attached hydrogens (tertiary/aromatic N) is 8. The molecule has 1 N–H and O–H groups in total. The number of carbonyl (C=O) groups is 2. The summed E-state index contributed by atoms with van der Waals surface area (Å²) in [6, 6.07) is 12.8. The average molecular weight is 789 g/mol. The Hall–Kier alpha value is -4.31. The van der Waals surface area contributed by atoms with E-state index >= 15 is 0 Å². The van der Waals surface area contributed by atoms with Gasteiger partial charge in [-0.3, -0.25) is 4.90 Å². The fourth-order valence-electron chi connectivity index (χ4n) is 7.23. The van der Waals surface area contributed by atoms with Gasteiger partial charge in [-0.25, -0.2) is 24.5 Å². The molecule has 0 saturated carbocycles. The van der Waals surface area contributed by atoms with Gasteiger partial charge in [-0.1, -0.05) is 33.8 Å². The molecule has 0 bridgehead atoms. The van der Waals surface area contributed by atoms with Gasteiger partial charge in [-0.2, -0.15) is 4.98 Å². The van der Waals surface area contributed by atoms with Crippen LogP contribution in [0.4, 0.5) is 44.4 Å². The highest BCUT2D eigenvalue weighted by Gasteiger charge is 2.52. The molecule has 2 fully saturated rings. The van der Waals surface area contributed by atoms with Crippen LogP contribution in [0, 0.1) is 0 Å². The summed E-state index contributed by atoms with van der Waals surface area (Å²) in [5.74, 6) is 1.62. The number of rotatable bonds is 10. The number of piperazine rings is 1. The van der Waals surface area contributed by atoms with Gasteiger partial charge in [-0.05, 0) is 95.7 Å². The number of fused-ring (bicyclic) bond motifs is 1. The van der Waals surface area contributed by atoms with E-state index in [1.165, 1.54) is 4.90 Å². The lowest BCUT2D eigenvalue weighted by molar-refractivity contribution is 0.0597. The lowest BCUT2D eigenvalue weighted by atomic mass is 9.79. The van der Waals surface area contributed by atoms with Gasteiger partial charge in [0.25, 0.3) is 0 Å². The fourth-order valence-corrected chi connectivity index (χ4v) is 8.33. The molecule has 56 heavy (non-hydrogen) atoms. The third-order valence-electron chi connectivity index (χ3n) is 11.6. The molecule has 3 atom stereocenters. The third kappa shape index (κ3) is 8.22. The summed E-state index contributed by atoms with van der Waals surface area (Å²) in [6.07, 6.45) is 1.06. The molecule has 0 spiro atoms. The second-order valence-electron chi connectivity index (χ2n) is 18.0.